The second-order valence-corrected chi connectivity index (χ2v) is 5.03. The standard InChI is InChI=1S/C12H10BrNO2S/c1-2-16-12(15)10-11(17-7-14-10)8-3-5-9(13)6-4-8/h3-7H,2H2,1H3. The van der Waals surface area contributed by atoms with Crippen LogP contribution in [-0.4, -0.2) is 17.6 Å². The van der Waals surface area contributed by atoms with E-state index in [4.69, 9.17) is 4.74 Å². The zero-order valence-corrected chi connectivity index (χ0v) is 11.5. The second-order valence-electron chi connectivity index (χ2n) is 3.26. The molecular weight excluding hydrogens is 302 g/mol. The van der Waals surface area contributed by atoms with Crippen molar-refractivity contribution in [3.8, 4) is 10.4 Å². The third-order valence-electron chi connectivity index (χ3n) is 2.14. The van der Waals surface area contributed by atoms with Gasteiger partial charge >= 0.3 is 5.97 Å². The number of aromatic nitrogens is 1. The van der Waals surface area contributed by atoms with Crippen molar-refractivity contribution >= 4 is 33.2 Å². The summed E-state index contributed by atoms with van der Waals surface area (Å²) in [5.74, 6) is -0.369. The Hall–Kier alpha value is -1.20. The number of thiazole rings is 1. The predicted octanol–water partition coefficient (Wildman–Crippen LogP) is 3.75. The van der Waals surface area contributed by atoms with Crippen molar-refractivity contribution in [2.24, 2.45) is 0 Å². The number of nitrogens with zero attached hydrogens (tertiary/aromatic N) is 1. The first-order valence-corrected chi connectivity index (χ1v) is 6.76. The van der Waals surface area contributed by atoms with Gasteiger partial charge in [-0.15, -0.1) is 11.3 Å². The summed E-state index contributed by atoms with van der Waals surface area (Å²) in [6.45, 7) is 2.14. The average Bonchev–Trinajstić information content (AvgIpc) is 2.79. The molecule has 0 fully saturated rings. The molecule has 88 valence electrons. The van der Waals surface area contributed by atoms with Gasteiger partial charge in [0.05, 0.1) is 17.0 Å². The van der Waals surface area contributed by atoms with E-state index in [1.165, 1.54) is 11.3 Å². The van der Waals surface area contributed by atoms with Gasteiger partial charge in [-0.1, -0.05) is 28.1 Å². The first kappa shape index (κ1) is 12.3. The van der Waals surface area contributed by atoms with Gasteiger partial charge in [-0.25, -0.2) is 9.78 Å². The summed E-state index contributed by atoms with van der Waals surface area (Å²) in [5, 5.41) is 0. The zero-order chi connectivity index (χ0) is 12.3. The molecule has 0 aliphatic carbocycles. The summed E-state index contributed by atoms with van der Waals surface area (Å²) in [5.41, 5.74) is 3.02. The molecule has 17 heavy (non-hydrogen) atoms. The number of carbonyl (C=O) groups excluding carboxylic acids is 1. The van der Waals surface area contributed by atoms with E-state index in [-0.39, 0.29) is 5.97 Å². The number of hydrogen-bond acceptors (Lipinski definition) is 4. The van der Waals surface area contributed by atoms with Gasteiger partial charge in [-0.2, -0.15) is 0 Å². The Bertz CT molecular complexity index is 522. The molecule has 0 spiro atoms. The van der Waals surface area contributed by atoms with Crippen molar-refractivity contribution in [3.63, 3.8) is 0 Å². The van der Waals surface area contributed by atoms with Gasteiger partial charge in [0.2, 0.25) is 0 Å². The second kappa shape index (κ2) is 5.42. The minimum absolute atomic E-state index is 0.357. The van der Waals surface area contributed by atoms with Crippen LogP contribution in [0.15, 0.2) is 34.2 Å². The van der Waals surface area contributed by atoms with Gasteiger partial charge in [-0.05, 0) is 24.6 Å². The maximum Gasteiger partial charge on any atom is 0.358 e. The van der Waals surface area contributed by atoms with E-state index in [1.54, 1.807) is 12.4 Å². The molecule has 1 aromatic heterocycles. The highest BCUT2D eigenvalue weighted by Gasteiger charge is 2.17. The van der Waals surface area contributed by atoms with E-state index in [1.807, 2.05) is 24.3 Å². The predicted molar refractivity (Wildman–Crippen MR) is 71.2 cm³/mol. The lowest BCUT2D eigenvalue weighted by Crippen LogP contribution is -2.06. The van der Waals surface area contributed by atoms with Gasteiger partial charge in [0.25, 0.3) is 0 Å². The molecule has 0 atom stereocenters. The Labute approximate surface area is 112 Å². The number of halogens is 1. The van der Waals surface area contributed by atoms with Crippen molar-refractivity contribution in [2.45, 2.75) is 6.92 Å². The minimum Gasteiger partial charge on any atom is -0.461 e. The summed E-state index contributed by atoms with van der Waals surface area (Å²) in [6.07, 6.45) is 0. The molecule has 3 nitrogen and oxygen atoms in total. The lowest BCUT2D eigenvalue weighted by Gasteiger charge is -2.02. The van der Waals surface area contributed by atoms with Crippen molar-refractivity contribution in [2.75, 3.05) is 6.61 Å². The smallest absolute Gasteiger partial charge is 0.358 e. The number of carbonyl (C=O) groups is 1. The first-order chi connectivity index (χ1) is 8.22. The van der Waals surface area contributed by atoms with Crippen molar-refractivity contribution in [1.82, 2.24) is 4.98 Å². The molecule has 2 aromatic rings. The summed E-state index contributed by atoms with van der Waals surface area (Å²) in [7, 11) is 0. The molecule has 0 N–H and O–H groups in total. The highest BCUT2D eigenvalue weighted by molar-refractivity contribution is 9.10. The van der Waals surface area contributed by atoms with Gasteiger partial charge in [0.15, 0.2) is 5.69 Å². The molecule has 5 heteroatoms. The zero-order valence-electron chi connectivity index (χ0n) is 9.14. The minimum atomic E-state index is -0.369. The molecular formula is C12H10BrNO2S. The molecule has 0 radical (unpaired) electrons. The van der Waals surface area contributed by atoms with Crippen LogP contribution < -0.4 is 0 Å². The Kier molecular flexibility index (Phi) is 3.91. The van der Waals surface area contributed by atoms with Gasteiger partial charge < -0.3 is 4.74 Å². The molecule has 1 heterocycles. The molecule has 0 bridgehead atoms. The Morgan fingerprint density at radius 2 is 2.12 bits per heavy atom. The summed E-state index contributed by atoms with van der Waals surface area (Å²) < 4.78 is 5.97. The van der Waals surface area contributed by atoms with E-state index in [2.05, 4.69) is 20.9 Å². The van der Waals surface area contributed by atoms with E-state index in [9.17, 15) is 4.79 Å². The van der Waals surface area contributed by atoms with Crippen LogP contribution in [-0.2, 0) is 4.74 Å². The number of esters is 1. The van der Waals surface area contributed by atoms with Gasteiger partial charge in [0.1, 0.15) is 0 Å². The number of hydrogen-bond donors (Lipinski definition) is 0. The fourth-order valence-electron chi connectivity index (χ4n) is 1.40. The van der Waals surface area contributed by atoms with Crippen molar-refractivity contribution in [3.05, 3.63) is 39.9 Å². The quantitative estimate of drug-likeness (QED) is 0.810. The Morgan fingerprint density at radius 1 is 1.41 bits per heavy atom. The number of benzene rings is 1. The van der Waals surface area contributed by atoms with Crippen LogP contribution >= 0.6 is 27.3 Å². The first-order valence-electron chi connectivity index (χ1n) is 5.09. The highest BCUT2D eigenvalue weighted by atomic mass is 79.9. The van der Waals surface area contributed by atoms with Crippen LogP contribution in [0, 0.1) is 0 Å². The van der Waals surface area contributed by atoms with Crippen LogP contribution in [0.2, 0.25) is 0 Å². The maximum absolute atomic E-state index is 11.7. The molecule has 0 amide bonds. The summed E-state index contributed by atoms with van der Waals surface area (Å²) >= 11 is 4.81. The summed E-state index contributed by atoms with van der Waals surface area (Å²) in [4.78, 5) is 16.6. The van der Waals surface area contributed by atoms with Crippen molar-refractivity contribution < 1.29 is 9.53 Å². The lowest BCUT2D eigenvalue weighted by atomic mass is 10.1. The molecule has 0 aliphatic heterocycles. The topological polar surface area (TPSA) is 39.2 Å². The Balaban J connectivity index is 2.36. The average molecular weight is 312 g/mol. The van der Waals surface area contributed by atoms with Crippen molar-refractivity contribution in [1.29, 1.82) is 0 Å². The molecule has 1 aromatic carbocycles. The third-order valence-corrected chi connectivity index (χ3v) is 3.55. The van der Waals surface area contributed by atoms with Crippen LogP contribution in [0.1, 0.15) is 17.4 Å². The molecule has 0 saturated carbocycles. The number of rotatable bonds is 3. The molecule has 2 rings (SSSR count). The number of ether oxygens (including phenoxy) is 1. The fraction of sp³-hybridized carbons (Fsp3) is 0.167. The van der Waals surface area contributed by atoms with Crippen LogP contribution in [0.3, 0.4) is 0 Å². The molecule has 0 aliphatic rings. The maximum atomic E-state index is 11.7. The van der Waals surface area contributed by atoms with E-state index >= 15 is 0 Å². The monoisotopic (exact) mass is 311 g/mol. The van der Waals surface area contributed by atoms with Crippen LogP contribution in [0.5, 0.6) is 0 Å². The highest BCUT2D eigenvalue weighted by Crippen LogP contribution is 2.29. The van der Waals surface area contributed by atoms with Crippen LogP contribution in [0.4, 0.5) is 0 Å². The van der Waals surface area contributed by atoms with E-state index < -0.39 is 0 Å². The largest absolute Gasteiger partial charge is 0.461 e. The fourth-order valence-corrected chi connectivity index (χ4v) is 2.44. The molecule has 0 saturated heterocycles. The normalized spacial score (nSPS) is 10.2. The lowest BCUT2D eigenvalue weighted by molar-refractivity contribution is 0.0521. The van der Waals surface area contributed by atoms with E-state index in [0.717, 1.165) is 14.9 Å². The SMILES string of the molecule is CCOC(=O)c1ncsc1-c1ccc(Br)cc1. The molecule has 0 unspecified atom stereocenters. The Morgan fingerprint density at radius 3 is 2.76 bits per heavy atom. The third kappa shape index (κ3) is 2.73. The van der Waals surface area contributed by atoms with E-state index in [0.29, 0.717) is 12.3 Å². The summed E-state index contributed by atoms with van der Waals surface area (Å²) in [6, 6.07) is 7.76. The van der Waals surface area contributed by atoms with Gasteiger partial charge in [-0.3, -0.25) is 0 Å². The van der Waals surface area contributed by atoms with Gasteiger partial charge in [0, 0.05) is 4.47 Å². The van der Waals surface area contributed by atoms with Crippen LogP contribution in [0.25, 0.3) is 10.4 Å².